The van der Waals surface area contributed by atoms with Gasteiger partial charge in [0.1, 0.15) is 5.75 Å². The maximum absolute atomic E-state index is 12.1. The van der Waals surface area contributed by atoms with Gasteiger partial charge in [0, 0.05) is 5.41 Å². The van der Waals surface area contributed by atoms with E-state index in [1.54, 1.807) is 0 Å². The molecule has 0 amide bonds. The maximum Gasteiger partial charge on any atom is 0.573 e. The number of hydrogen-bond donors (Lipinski definition) is 1. The maximum atomic E-state index is 12.1. The van der Waals surface area contributed by atoms with Crippen LogP contribution in [0.1, 0.15) is 12.0 Å². The van der Waals surface area contributed by atoms with Gasteiger partial charge in [-0.1, -0.05) is 12.1 Å². The molecule has 8 heteroatoms. The van der Waals surface area contributed by atoms with Crippen LogP contribution in [0.4, 0.5) is 13.2 Å². The Bertz CT molecular complexity index is 598. The van der Waals surface area contributed by atoms with Crippen LogP contribution in [0.15, 0.2) is 24.3 Å². The van der Waals surface area contributed by atoms with Gasteiger partial charge in [0.05, 0.1) is 11.5 Å². The smallest absolute Gasteiger partial charge is 0.406 e. The molecule has 1 aromatic carbocycles. The lowest BCUT2D eigenvalue weighted by molar-refractivity contribution is -0.274. The lowest BCUT2D eigenvalue weighted by Crippen LogP contribution is -2.34. The molecule has 4 nitrogen and oxygen atoms in total. The molecule has 1 heterocycles. The van der Waals surface area contributed by atoms with E-state index in [-0.39, 0.29) is 23.8 Å². The van der Waals surface area contributed by atoms with E-state index < -0.39 is 21.6 Å². The summed E-state index contributed by atoms with van der Waals surface area (Å²) in [5, 5.41) is 0. The normalized spacial score (nSPS) is 25.0. The minimum absolute atomic E-state index is 0.0251. The molecule has 1 aliphatic rings. The van der Waals surface area contributed by atoms with Gasteiger partial charge in [-0.2, -0.15) is 0 Å². The third-order valence-corrected chi connectivity index (χ3v) is 5.52. The molecule has 0 aliphatic carbocycles. The second-order valence-corrected chi connectivity index (χ2v) is 7.60. The van der Waals surface area contributed by atoms with Gasteiger partial charge in [-0.15, -0.1) is 13.2 Å². The molecule has 0 radical (unpaired) electrons. The van der Waals surface area contributed by atoms with Crippen molar-refractivity contribution in [2.45, 2.75) is 19.2 Å². The minimum Gasteiger partial charge on any atom is -0.406 e. The zero-order valence-electron chi connectivity index (χ0n) is 11.2. The first-order chi connectivity index (χ1) is 9.63. The van der Waals surface area contributed by atoms with Crippen molar-refractivity contribution in [1.29, 1.82) is 0 Å². The van der Waals surface area contributed by atoms with Gasteiger partial charge in [0.2, 0.25) is 0 Å². The highest BCUT2D eigenvalue weighted by atomic mass is 32.2. The zero-order valence-corrected chi connectivity index (χ0v) is 12.0. The predicted octanol–water partition coefficient (Wildman–Crippen LogP) is 1.89. The highest BCUT2D eigenvalue weighted by Crippen LogP contribution is 2.35. The third-order valence-electron chi connectivity index (χ3n) is 3.64. The second-order valence-electron chi connectivity index (χ2n) is 5.41. The Morgan fingerprint density at radius 3 is 2.29 bits per heavy atom. The number of alkyl halides is 3. The van der Waals surface area contributed by atoms with Crippen molar-refractivity contribution >= 4 is 9.84 Å². The van der Waals surface area contributed by atoms with Crippen LogP contribution < -0.4 is 10.5 Å². The Morgan fingerprint density at radius 1 is 1.24 bits per heavy atom. The van der Waals surface area contributed by atoms with Gasteiger partial charge < -0.3 is 10.5 Å². The van der Waals surface area contributed by atoms with Crippen molar-refractivity contribution in [3.05, 3.63) is 29.8 Å². The molecular formula is C13H16F3NO3S. The van der Waals surface area contributed by atoms with Crippen molar-refractivity contribution in [2.75, 3.05) is 18.1 Å². The van der Waals surface area contributed by atoms with Crippen LogP contribution in [0.5, 0.6) is 5.75 Å². The Hall–Kier alpha value is -1.28. The number of halogens is 3. The summed E-state index contributed by atoms with van der Waals surface area (Å²) in [5.41, 5.74) is 5.93. The standard InChI is InChI=1S/C13H16F3NO3S/c14-13(15,16)20-11-3-1-10(2-4-11)7-12(8-17)5-6-21(18,19)9-12/h1-4H,5-9,17H2. The summed E-state index contributed by atoms with van der Waals surface area (Å²) < 4.78 is 63.2. The molecule has 21 heavy (non-hydrogen) atoms. The van der Waals surface area contributed by atoms with Crippen LogP contribution in [0.25, 0.3) is 0 Å². The van der Waals surface area contributed by atoms with Gasteiger partial charge in [-0.05, 0) is 37.1 Å². The molecule has 0 spiro atoms. The van der Waals surface area contributed by atoms with Crippen LogP contribution in [-0.2, 0) is 16.3 Å². The summed E-state index contributed by atoms with van der Waals surface area (Å²) in [7, 11) is -3.07. The van der Waals surface area contributed by atoms with Crippen molar-refractivity contribution in [3.63, 3.8) is 0 Å². The van der Waals surface area contributed by atoms with E-state index in [1.165, 1.54) is 24.3 Å². The summed E-state index contributed by atoms with van der Waals surface area (Å²) >= 11 is 0. The molecule has 0 aromatic heterocycles. The summed E-state index contributed by atoms with van der Waals surface area (Å²) in [6, 6.07) is 5.44. The van der Waals surface area contributed by atoms with Crippen molar-refractivity contribution < 1.29 is 26.3 Å². The number of hydrogen-bond acceptors (Lipinski definition) is 4. The molecule has 0 saturated carbocycles. The number of rotatable bonds is 4. The number of ether oxygens (including phenoxy) is 1. The fourth-order valence-corrected chi connectivity index (χ4v) is 4.78. The molecule has 1 unspecified atom stereocenters. The number of sulfone groups is 1. The van der Waals surface area contributed by atoms with Crippen molar-refractivity contribution in [2.24, 2.45) is 11.1 Å². The van der Waals surface area contributed by atoms with E-state index in [9.17, 15) is 21.6 Å². The highest BCUT2D eigenvalue weighted by Gasteiger charge is 2.41. The van der Waals surface area contributed by atoms with Crippen LogP contribution in [0.3, 0.4) is 0 Å². The molecular weight excluding hydrogens is 307 g/mol. The van der Waals surface area contributed by atoms with Crippen LogP contribution >= 0.6 is 0 Å². The van der Waals surface area contributed by atoms with Crippen molar-refractivity contribution in [3.8, 4) is 5.75 Å². The SMILES string of the molecule is NCC1(Cc2ccc(OC(F)(F)F)cc2)CCS(=O)(=O)C1. The highest BCUT2D eigenvalue weighted by molar-refractivity contribution is 7.91. The molecule has 1 aliphatic heterocycles. The summed E-state index contributed by atoms with van der Waals surface area (Å²) in [6.45, 7) is 0.229. The van der Waals surface area contributed by atoms with E-state index in [1.807, 2.05) is 0 Å². The quantitative estimate of drug-likeness (QED) is 0.919. The third kappa shape index (κ3) is 4.34. The molecule has 2 N–H and O–H groups in total. The second kappa shape index (κ2) is 5.49. The van der Waals surface area contributed by atoms with E-state index >= 15 is 0 Å². The van der Waals surface area contributed by atoms with Crippen LogP contribution in [-0.4, -0.2) is 32.8 Å². The lowest BCUT2D eigenvalue weighted by atomic mass is 9.81. The average Bonchev–Trinajstić information content (AvgIpc) is 2.66. The van der Waals surface area contributed by atoms with Crippen molar-refractivity contribution in [1.82, 2.24) is 0 Å². The zero-order chi connectivity index (χ0) is 15.7. The van der Waals surface area contributed by atoms with E-state index in [2.05, 4.69) is 4.74 Å². The molecule has 1 fully saturated rings. The van der Waals surface area contributed by atoms with Gasteiger partial charge >= 0.3 is 6.36 Å². The number of benzene rings is 1. The average molecular weight is 323 g/mol. The first kappa shape index (κ1) is 16.1. The lowest BCUT2D eigenvalue weighted by Gasteiger charge is -2.25. The Kier molecular flexibility index (Phi) is 4.21. The Morgan fingerprint density at radius 2 is 1.86 bits per heavy atom. The molecule has 2 rings (SSSR count). The largest absolute Gasteiger partial charge is 0.573 e. The van der Waals surface area contributed by atoms with E-state index in [0.29, 0.717) is 12.8 Å². The predicted molar refractivity (Wildman–Crippen MR) is 71.6 cm³/mol. The topological polar surface area (TPSA) is 69.4 Å². The van der Waals surface area contributed by atoms with Gasteiger partial charge in [0.25, 0.3) is 0 Å². The fourth-order valence-electron chi connectivity index (χ4n) is 2.60. The van der Waals surface area contributed by atoms with E-state index in [0.717, 1.165) is 5.56 Å². The van der Waals surface area contributed by atoms with E-state index in [4.69, 9.17) is 5.73 Å². The van der Waals surface area contributed by atoms with Crippen LogP contribution in [0.2, 0.25) is 0 Å². The Labute approximate surface area is 121 Å². The molecule has 118 valence electrons. The molecule has 1 aromatic rings. The van der Waals surface area contributed by atoms with Crippen LogP contribution in [0, 0.1) is 5.41 Å². The summed E-state index contributed by atoms with van der Waals surface area (Å²) in [6.07, 6.45) is -3.82. The molecule has 1 atom stereocenters. The van der Waals surface area contributed by atoms with Gasteiger partial charge in [-0.25, -0.2) is 8.42 Å². The number of nitrogens with two attached hydrogens (primary N) is 1. The minimum atomic E-state index is -4.72. The Balaban J connectivity index is 2.09. The summed E-state index contributed by atoms with van der Waals surface area (Å²) in [5.74, 6) is -0.163. The fraction of sp³-hybridized carbons (Fsp3) is 0.538. The first-order valence-electron chi connectivity index (χ1n) is 6.38. The first-order valence-corrected chi connectivity index (χ1v) is 8.20. The molecule has 1 saturated heterocycles. The molecule has 0 bridgehead atoms. The summed E-state index contributed by atoms with van der Waals surface area (Å²) in [4.78, 5) is 0. The van der Waals surface area contributed by atoms with Gasteiger partial charge in [-0.3, -0.25) is 0 Å². The monoisotopic (exact) mass is 323 g/mol. The van der Waals surface area contributed by atoms with Gasteiger partial charge in [0.15, 0.2) is 9.84 Å².